The Bertz CT molecular complexity index is 1110. The van der Waals surface area contributed by atoms with Crippen LogP contribution in [-0.2, 0) is 13.1 Å². The fourth-order valence-corrected chi connectivity index (χ4v) is 4.39. The van der Waals surface area contributed by atoms with Gasteiger partial charge in [-0.2, -0.15) is 0 Å². The highest BCUT2D eigenvalue weighted by molar-refractivity contribution is 7.09. The van der Waals surface area contributed by atoms with Crippen molar-refractivity contribution in [1.82, 2.24) is 19.4 Å². The van der Waals surface area contributed by atoms with E-state index in [9.17, 15) is 14.4 Å². The zero-order valence-corrected chi connectivity index (χ0v) is 16.5. The Labute approximate surface area is 165 Å². The Morgan fingerprint density at radius 3 is 2.61 bits per heavy atom. The average Bonchev–Trinajstić information content (AvgIpc) is 3.22. The van der Waals surface area contributed by atoms with Gasteiger partial charge in [0.2, 0.25) is 0 Å². The zero-order chi connectivity index (χ0) is 19.7. The highest BCUT2D eigenvalue weighted by atomic mass is 32.1. The molecule has 1 fully saturated rings. The van der Waals surface area contributed by atoms with E-state index in [1.807, 2.05) is 11.8 Å². The van der Waals surface area contributed by atoms with E-state index in [0.29, 0.717) is 36.2 Å². The number of nitrogens with zero attached hydrogens (tertiary/aromatic N) is 3. The maximum absolute atomic E-state index is 12.9. The van der Waals surface area contributed by atoms with Crippen LogP contribution in [0.1, 0.15) is 22.2 Å². The number of rotatable bonds is 4. The summed E-state index contributed by atoms with van der Waals surface area (Å²) in [6.07, 6.45) is 0. The molecule has 0 spiro atoms. The number of hydrogen-bond acceptors (Lipinski definition) is 5. The van der Waals surface area contributed by atoms with Gasteiger partial charge in [0, 0.05) is 49.7 Å². The summed E-state index contributed by atoms with van der Waals surface area (Å²) in [6.45, 7) is 6.16. The summed E-state index contributed by atoms with van der Waals surface area (Å²) >= 11 is 1.75. The molecule has 1 aliphatic rings. The number of amides is 1. The third-order valence-electron chi connectivity index (χ3n) is 5.16. The molecule has 2 aromatic heterocycles. The number of H-pyrrole nitrogens is 1. The van der Waals surface area contributed by atoms with Crippen LogP contribution in [0.15, 0.2) is 45.3 Å². The van der Waals surface area contributed by atoms with Crippen molar-refractivity contribution < 1.29 is 4.79 Å². The lowest BCUT2D eigenvalue weighted by Gasteiger charge is -2.34. The van der Waals surface area contributed by atoms with Crippen LogP contribution in [0, 0.1) is 0 Å². The fraction of sp³-hybridized carbons (Fsp3) is 0.350. The number of nitrogens with one attached hydrogen (secondary N) is 1. The molecule has 8 heteroatoms. The predicted octanol–water partition coefficient (Wildman–Crippen LogP) is 1.73. The van der Waals surface area contributed by atoms with Gasteiger partial charge in [-0.1, -0.05) is 6.07 Å². The van der Waals surface area contributed by atoms with E-state index in [1.54, 1.807) is 29.5 Å². The molecule has 0 saturated carbocycles. The molecular formula is C20H22N4O3S. The number of hydrogen-bond donors (Lipinski definition) is 1. The molecule has 1 amide bonds. The summed E-state index contributed by atoms with van der Waals surface area (Å²) in [5, 5.41) is 2.08. The van der Waals surface area contributed by atoms with E-state index in [-0.39, 0.29) is 5.91 Å². The van der Waals surface area contributed by atoms with Crippen LogP contribution < -0.4 is 11.1 Å². The summed E-state index contributed by atoms with van der Waals surface area (Å²) in [7, 11) is 0. The Morgan fingerprint density at radius 2 is 1.93 bits per heavy atom. The molecule has 0 aliphatic carbocycles. The number of benzene rings is 1. The highest BCUT2D eigenvalue weighted by Crippen LogP contribution is 2.17. The fourth-order valence-electron chi connectivity index (χ4n) is 3.64. The first-order chi connectivity index (χ1) is 13.6. The van der Waals surface area contributed by atoms with Crippen molar-refractivity contribution >= 4 is 28.3 Å². The van der Waals surface area contributed by atoms with Crippen molar-refractivity contribution in [2.45, 2.75) is 20.0 Å². The van der Waals surface area contributed by atoms with Crippen molar-refractivity contribution in [3.63, 3.8) is 0 Å². The van der Waals surface area contributed by atoms with Crippen molar-refractivity contribution in [2.75, 3.05) is 26.2 Å². The lowest BCUT2D eigenvalue weighted by molar-refractivity contribution is 0.0630. The second kappa shape index (κ2) is 7.73. The summed E-state index contributed by atoms with van der Waals surface area (Å²) in [6, 6.07) is 9.32. The van der Waals surface area contributed by atoms with Crippen molar-refractivity contribution in [3.05, 3.63) is 66.9 Å². The van der Waals surface area contributed by atoms with E-state index < -0.39 is 11.1 Å². The van der Waals surface area contributed by atoms with Crippen LogP contribution in [0.5, 0.6) is 0 Å². The van der Waals surface area contributed by atoms with Crippen molar-refractivity contribution in [3.8, 4) is 0 Å². The summed E-state index contributed by atoms with van der Waals surface area (Å²) in [5.41, 5.74) is 0.422. The molecule has 0 unspecified atom stereocenters. The van der Waals surface area contributed by atoms with Crippen LogP contribution >= 0.6 is 11.3 Å². The van der Waals surface area contributed by atoms with Gasteiger partial charge in [-0.05, 0) is 36.6 Å². The Morgan fingerprint density at radius 1 is 1.14 bits per heavy atom. The maximum atomic E-state index is 12.9. The van der Waals surface area contributed by atoms with Gasteiger partial charge >= 0.3 is 11.1 Å². The molecule has 3 heterocycles. The molecule has 0 bridgehead atoms. The Kier molecular flexibility index (Phi) is 5.15. The third-order valence-corrected chi connectivity index (χ3v) is 6.02. The van der Waals surface area contributed by atoms with Crippen LogP contribution in [-0.4, -0.2) is 51.4 Å². The number of aryl methyl sites for hydroxylation is 1. The van der Waals surface area contributed by atoms with Gasteiger partial charge in [-0.3, -0.25) is 19.3 Å². The molecule has 1 aliphatic heterocycles. The minimum absolute atomic E-state index is 0.0484. The lowest BCUT2D eigenvalue weighted by atomic mass is 10.1. The van der Waals surface area contributed by atoms with Gasteiger partial charge in [-0.15, -0.1) is 11.3 Å². The van der Waals surface area contributed by atoms with Crippen LogP contribution in [0.25, 0.3) is 11.0 Å². The molecule has 3 aromatic rings. The first kappa shape index (κ1) is 18.6. The van der Waals surface area contributed by atoms with E-state index in [4.69, 9.17) is 0 Å². The molecule has 1 aromatic carbocycles. The van der Waals surface area contributed by atoms with Crippen molar-refractivity contribution in [2.24, 2.45) is 0 Å². The lowest BCUT2D eigenvalue weighted by Crippen LogP contribution is -2.48. The van der Waals surface area contributed by atoms with Gasteiger partial charge in [0.05, 0.1) is 11.0 Å². The number of carbonyl (C=O) groups is 1. The first-order valence-corrected chi connectivity index (χ1v) is 10.3. The molecule has 0 radical (unpaired) electrons. The molecule has 1 N–H and O–H groups in total. The van der Waals surface area contributed by atoms with Crippen LogP contribution in [0.2, 0.25) is 0 Å². The molecular weight excluding hydrogens is 376 g/mol. The largest absolute Gasteiger partial charge is 0.336 e. The number of aromatic amines is 1. The maximum Gasteiger partial charge on any atom is 0.316 e. The van der Waals surface area contributed by atoms with E-state index in [1.165, 1.54) is 9.44 Å². The normalized spacial score (nSPS) is 15.2. The number of aromatic nitrogens is 2. The van der Waals surface area contributed by atoms with Gasteiger partial charge < -0.3 is 14.5 Å². The zero-order valence-electron chi connectivity index (χ0n) is 15.7. The van der Waals surface area contributed by atoms with Gasteiger partial charge in [0.15, 0.2) is 0 Å². The Balaban J connectivity index is 1.51. The van der Waals surface area contributed by atoms with E-state index >= 15 is 0 Å². The molecule has 7 nitrogen and oxygen atoms in total. The minimum Gasteiger partial charge on any atom is -0.336 e. The first-order valence-electron chi connectivity index (χ1n) is 9.37. The third kappa shape index (κ3) is 3.53. The number of piperazine rings is 1. The standard InChI is InChI=1S/C20H22N4O3S/c1-2-24-17-6-5-14(12-16(17)21-18(25)20(24)27)19(26)23-9-7-22(8-10-23)13-15-4-3-11-28-15/h3-6,11-12H,2,7-10,13H2,1H3,(H,21,25). The van der Waals surface area contributed by atoms with Gasteiger partial charge in [0.25, 0.3) is 5.91 Å². The number of thiophene rings is 1. The highest BCUT2D eigenvalue weighted by Gasteiger charge is 2.23. The molecule has 4 rings (SSSR count). The van der Waals surface area contributed by atoms with Crippen molar-refractivity contribution in [1.29, 1.82) is 0 Å². The van der Waals surface area contributed by atoms with Gasteiger partial charge in [-0.25, -0.2) is 0 Å². The molecule has 146 valence electrons. The number of fused-ring (bicyclic) bond motifs is 1. The molecule has 0 atom stereocenters. The smallest absolute Gasteiger partial charge is 0.316 e. The molecule has 28 heavy (non-hydrogen) atoms. The van der Waals surface area contributed by atoms with Gasteiger partial charge in [0.1, 0.15) is 0 Å². The summed E-state index contributed by atoms with van der Waals surface area (Å²) < 4.78 is 1.42. The molecule has 1 saturated heterocycles. The average molecular weight is 398 g/mol. The monoisotopic (exact) mass is 398 g/mol. The quantitative estimate of drug-likeness (QED) is 0.679. The predicted molar refractivity (Wildman–Crippen MR) is 110 cm³/mol. The summed E-state index contributed by atoms with van der Waals surface area (Å²) in [5.74, 6) is -0.0484. The van der Waals surface area contributed by atoms with E-state index in [2.05, 4.69) is 27.4 Å². The SMILES string of the molecule is CCn1c(=O)c(=O)[nH]c2cc(C(=O)N3CCN(Cc4cccs4)CC3)ccc21. The topological polar surface area (TPSA) is 78.4 Å². The van der Waals surface area contributed by atoms with Crippen LogP contribution in [0.3, 0.4) is 0 Å². The van der Waals surface area contributed by atoms with Crippen LogP contribution in [0.4, 0.5) is 0 Å². The second-order valence-corrected chi connectivity index (χ2v) is 7.92. The number of carbonyl (C=O) groups excluding carboxylic acids is 1. The van der Waals surface area contributed by atoms with E-state index in [0.717, 1.165) is 19.6 Å². The summed E-state index contributed by atoms with van der Waals surface area (Å²) in [4.78, 5) is 44.9. The second-order valence-electron chi connectivity index (χ2n) is 6.88. The Hall–Kier alpha value is -2.71. The minimum atomic E-state index is -0.666.